The zero-order chi connectivity index (χ0) is 21.0. The highest BCUT2D eigenvalue weighted by Crippen LogP contribution is 2.23. The molecule has 2 aromatic carbocycles. The van der Waals surface area contributed by atoms with Crippen LogP contribution in [0.3, 0.4) is 0 Å². The first kappa shape index (κ1) is 20.1. The van der Waals surface area contributed by atoms with Crippen molar-refractivity contribution in [3.05, 3.63) is 76.6 Å². The number of aromatic nitrogens is 2. The second-order valence-electron chi connectivity index (χ2n) is 6.16. The maximum Gasteiger partial charge on any atom is 0.285 e. The van der Waals surface area contributed by atoms with Gasteiger partial charge in [0.2, 0.25) is 0 Å². The Labute approximate surface area is 170 Å². The summed E-state index contributed by atoms with van der Waals surface area (Å²) < 4.78 is 1.40. The van der Waals surface area contributed by atoms with Gasteiger partial charge in [0.25, 0.3) is 16.8 Å². The van der Waals surface area contributed by atoms with Gasteiger partial charge in [-0.2, -0.15) is 5.10 Å². The van der Waals surface area contributed by atoms with Gasteiger partial charge < -0.3 is 10.2 Å². The van der Waals surface area contributed by atoms with Gasteiger partial charge in [-0.3, -0.25) is 19.7 Å². The number of thioether (sulfide) groups is 1. The number of hydrogen-bond donors (Lipinski definition) is 1. The molecule has 29 heavy (non-hydrogen) atoms. The first-order valence-corrected chi connectivity index (χ1v) is 9.26. The summed E-state index contributed by atoms with van der Waals surface area (Å²) in [5.74, 6) is -0.418. The van der Waals surface area contributed by atoms with E-state index in [-0.39, 0.29) is 16.6 Å². The Hall–Kier alpha value is -3.66. The lowest BCUT2D eigenvalue weighted by atomic mass is 10.3. The molecular weight excluding hydrogens is 394 g/mol. The van der Waals surface area contributed by atoms with Crippen molar-refractivity contribution < 1.29 is 14.5 Å². The fourth-order valence-electron chi connectivity index (χ4n) is 2.33. The quantitative estimate of drug-likeness (QED) is 0.388. The topological polar surface area (TPSA) is 110 Å². The predicted molar refractivity (Wildman–Crippen MR) is 110 cm³/mol. The number of nitro benzene ring substituents is 1. The number of carbonyl (C=O) groups excluding carboxylic acids is 2. The van der Waals surface area contributed by atoms with Crippen molar-refractivity contribution >= 4 is 34.3 Å². The van der Waals surface area contributed by atoms with E-state index in [1.54, 1.807) is 56.7 Å². The van der Waals surface area contributed by atoms with E-state index in [4.69, 9.17) is 0 Å². The monoisotopic (exact) mass is 411 g/mol. The number of nitro groups is 1. The van der Waals surface area contributed by atoms with E-state index in [9.17, 15) is 19.7 Å². The van der Waals surface area contributed by atoms with Crippen LogP contribution in [0.5, 0.6) is 0 Å². The minimum absolute atomic E-state index is 0.0605. The fourth-order valence-corrected chi connectivity index (χ4v) is 2.99. The first-order valence-electron chi connectivity index (χ1n) is 8.44. The predicted octanol–water partition coefficient (Wildman–Crippen LogP) is 3.81. The third-order valence-corrected chi connectivity index (χ3v) is 4.86. The molecule has 1 heterocycles. The van der Waals surface area contributed by atoms with Gasteiger partial charge in [-0.15, -0.1) is 0 Å². The molecule has 0 aliphatic carbocycles. The SMILES string of the molecule is CN(C)C(=O)Sc1ccc(NC(=O)c2ccn(-c3cccc([N+](=O)[O-])c3)n2)cc1. The number of non-ortho nitro benzene ring substituents is 1. The van der Waals surface area contributed by atoms with Crippen molar-refractivity contribution in [2.45, 2.75) is 4.90 Å². The molecule has 0 radical (unpaired) electrons. The summed E-state index contributed by atoms with van der Waals surface area (Å²) in [6.07, 6.45) is 1.56. The molecule has 0 bridgehead atoms. The van der Waals surface area contributed by atoms with Crippen LogP contribution in [-0.2, 0) is 0 Å². The molecule has 1 N–H and O–H groups in total. The fraction of sp³-hybridized carbons (Fsp3) is 0.105. The Morgan fingerprint density at radius 3 is 2.52 bits per heavy atom. The molecule has 0 saturated heterocycles. The number of carbonyl (C=O) groups is 2. The standard InChI is InChI=1S/C19H17N5O4S/c1-22(2)19(26)29-16-8-6-13(7-9-16)20-18(25)17-10-11-23(21-17)14-4-3-5-15(12-14)24(27)28/h3-12H,1-2H3,(H,20,25). The van der Waals surface area contributed by atoms with E-state index < -0.39 is 10.8 Å². The Kier molecular flexibility index (Phi) is 5.93. The van der Waals surface area contributed by atoms with E-state index in [0.29, 0.717) is 11.4 Å². The number of nitrogens with zero attached hydrogens (tertiary/aromatic N) is 4. The average Bonchev–Trinajstić information content (AvgIpc) is 3.20. The lowest BCUT2D eigenvalue weighted by molar-refractivity contribution is -0.384. The third kappa shape index (κ3) is 4.99. The van der Waals surface area contributed by atoms with Crippen LogP contribution < -0.4 is 5.32 Å². The van der Waals surface area contributed by atoms with E-state index in [1.165, 1.54) is 27.8 Å². The van der Waals surface area contributed by atoms with E-state index in [0.717, 1.165) is 16.7 Å². The first-order chi connectivity index (χ1) is 13.8. The van der Waals surface area contributed by atoms with Crippen LogP contribution in [0.15, 0.2) is 65.7 Å². The Morgan fingerprint density at radius 1 is 1.14 bits per heavy atom. The van der Waals surface area contributed by atoms with Crippen molar-refractivity contribution in [3.63, 3.8) is 0 Å². The Balaban J connectivity index is 1.68. The normalized spacial score (nSPS) is 10.4. The summed E-state index contributed by atoms with van der Waals surface area (Å²) >= 11 is 1.09. The Morgan fingerprint density at radius 2 is 1.86 bits per heavy atom. The highest BCUT2D eigenvalue weighted by atomic mass is 32.2. The summed E-state index contributed by atoms with van der Waals surface area (Å²) in [4.78, 5) is 36.8. The largest absolute Gasteiger partial charge is 0.339 e. The van der Waals surface area contributed by atoms with Crippen molar-refractivity contribution in [1.29, 1.82) is 0 Å². The molecule has 0 unspecified atom stereocenters. The molecule has 0 atom stereocenters. The molecule has 0 spiro atoms. The van der Waals surface area contributed by atoms with E-state index in [1.807, 2.05) is 0 Å². The highest BCUT2D eigenvalue weighted by Gasteiger charge is 2.13. The van der Waals surface area contributed by atoms with Crippen LogP contribution in [0.2, 0.25) is 0 Å². The van der Waals surface area contributed by atoms with Crippen molar-refractivity contribution in [2.75, 3.05) is 19.4 Å². The highest BCUT2D eigenvalue weighted by molar-refractivity contribution is 8.13. The van der Waals surface area contributed by atoms with Crippen LogP contribution in [0.4, 0.5) is 16.2 Å². The van der Waals surface area contributed by atoms with Crippen LogP contribution in [0.1, 0.15) is 10.5 Å². The van der Waals surface area contributed by atoms with Gasteiger partial charge in [-0.1, -0.05) is 6.07 Å². The van der Waals surface area contributed by atoms with Crippen molar-refractivity contribution in [1.82, 2.24) is 14.7 Å². The molecule has 0 aliphatic heterocycles. The average molecular weight is 411 g/mol. The number of nitrogens with one attached hydrogen (secondary N) is 1. The van der Waals surface area contributed by atoms with Crippen LogP contribution in [-0.4, -0.2) is 44.8 Å². The third-order valence-electron chi connectivity index (χ3n) is 3.81. The number of anilines is 1. The second kappa shape index (κ2) is 8.57. The van der Waals surface area contributed by atoms with Crippen LogP contribution in [0.25, 0.3) is 5.69 Å². The lowest BCUT2D eigenvalue weighted by Gasteiger charge is -2.09. The molecule has 10 heteroatoms. The second-order valence-corrected chi connectivity index (χ2v) is 7.19. The number of hydrogen-bond acceptors (Lipinski definition) is 6. The molecule has 0 saturated carbocycles. The maximum atomic E-state index is 12.4. The lowest BCUT2D eigenvalue weighted by Crippen LogP contribution is -2.16. The smallest absolute Gasteiger partial charge is 0.285 e. The van der Waals surface area contributed by atoms with Gasteiger partial charge in [0, 0.05) is 43.0 Å². The molecule has 0 aliphatic rings. The summed E-state index contributed by atoms with van der Waals surface area (Å²) in [5.41, 5.74) is 1.14. The summed E-state index contributed by atoms with van der Waals surface area (Å²) in [6, 6.07) is 14.4. The minimum atomic E-state index is -0.491. The number of amides is 2. The van der Waals surface area contributed by atoms with Gasteiger partial charge in [-0.05, 0) is 48.2 Å². The molecule has 3 rings (SSSR count). The molecule has 0 fully saturated rings. The minimum Gasteiger partial charge on any atom is -0.339 e. The van der Waals surface area contributed by atoms with Crippen molar-refractivity contribution in [3.8, 4) is 5.69 Å². The molecule has 9 nitrogen and oxygen atoms in total. The summed E-state index contributed by atoms with van der Waals surface area (Å²) in [6.45, 7) is 0. The zero-order valence-corrected chi connectivity index (χ0v) is 16.4. The van der Waals surface area contributed by atoms with Crippen molar-refractivity contribution in [2.24, 2.45) is 0 Å². The molecular formula is C19H17N5O4S. The summed E-state index contributed by atoms with van der Waals surface area (Å²) in [7, 11) is 3.35. The van der Waals surface area contributed by atoms with Gasteiger partial charge in [0.1, 0.15) is 0 Å². The maximum absolute atomic E-state index is 12.4. The summed E-state index contributed by atoms with van der Waals surface area (Å²) in [5, 5.41) is 17.7. The van der Waals surface area contributed by atoms with Gasteiger partial charge in [0.15, 0.2) is 5.69 Å². The zero-order valence-electron chi connectivity index (χ0n) is 15.6. The van der Waals surface area contributed by atoms with Gasteiger partial charge >= 0.3 is 0 Å². The van der Waals surface area contributed by atoms with E-state index >= 15 is 0 Å². The number of benzene rings is 2. The molecule has 3 aromatic rings. The molecule has 148 valence electrons. The molecule has 1 aromatic heterocycles. The Bertz CT molecular complexity index is 1060. The molecule has 2 amide bonds. The van der Waals surface area contributed by atoms with E-state index in [2.05, 4.69) is 10.4 Å². The van der Waals surface area contributed by atoms with Crippen LogP contribution >= 0.6 is 11.8 Å². The number of rotatable bonds is 5. The van der Waals surface area contributed by atoms with Gasteiger partial charge in [-0.25, -0.2) is 4.68 Å². The van der Waals surface area contributed by atoms with Gasteiger partial charge in [0.05, 0.1) is 10.6 Å². The van der Waals surface area contributed by atoms with Crippen LogP contribution in [0, 0.1) is 10.1 Å².